The van der Waals surface area contributed by atoms with Crippen LogP contribution in [0.1, 0.15) is 22.3 Å². The molecule has 0 fully saturated rings. The van der Waals surface area contributed by atoms with Gasteiger partial charge in [0.25, 0.3) is 0 Å². The molecule has 0 saturated carbocycles. The fourth-order valence-corrected chi connectivity index (χ4v) is 25.2. The van der Waals surface area contributed by atoms with E-state index in [9.17, 15) is 21.0 Å². The number of para-hydroxylation sites is 4. The van der Waals surface area contributed by atoms with Gasteiger partial charge in [0.15, 0.2) is 0 Å². The van der Waals surface area contributed by atoms with Crippen molar-refractivity contribution in [2.45, 2.75) is 0 Å². The molecular weight excluding hydrogens is 1590 g/mol. The zero-order valence-corrected chi connectivity index (χ0v) is 69.0. The summed E-state index contributed by atoms with van der Waals surface area (Å²) in [6, 6.07) is 136. The van der Waals surface area contributed by atoms with Crippen molar-refractivity contribution in [2.24, 2.45) is 0 Å². The molecule has 0 bridgehead atoms. The summed E-state index contributed by atoms with van der Waals surface area (Å²) in [7, 11) is 0. The maximum Gasteiger partial charge on any atom is 0.102 e. The first-order valence-corrected chi connectivity index (χ1v) is 44.4. The van der Waals surface area contributed by atoms with E-state index >= 15 is 0 Å². The molecular formula is C112H58N8S4. The number of hydrogen-bond acceptors (Lipinski definition) is 8. The van der Waals surface area contributed by atoms with Crippen molar-refractivity contribution in [1.82, 2.24) is 18.3 Å². The van der Waals surface area contributed by atoms with Gasteiger partial charge in [0, 0.05) is 146 Å². The average molecular weight is 1640 g/mol. The third-order valence-electron chi connectivity index (χ3n) is 25.7. The van der Waals surface area contributed by atoms with Gasteiger partial charge in [-0.3, -0.25) is 0 Å². The number of nitriles is 4. The Bertz CT molecular complexity index is 9220. The molecule has 0 spiro atoms. The Balaban J connectivity index is 0.748. The molecule has 0 aliphatic carbocycles. The van der Waals surface area contributed by atoms with Gasteiger partial charge in [-0.05, 0) is 124 Å². The van der Waals surface area contributed by atoms with Crippen LogP contribution < -0.4 is 0 Å². The molecule has 0 aliphatic rings. The van der Waals surface area contributed by atoms with Gasteiger partial charge in [-0.25, -0.2) is 0 Å². The van der Waals surface area contributed by atoms with Gasteiger partial charge < -0.3 is 18.3 Å². The Hall–Kier alpha value is -16.0. The molecule has 8 nitrogen and oxygen atoms in total. The van der Waals surface area contributed by atoms with Crippen LogP contribution in [-0.4, -0.2) is 18.3 Å². The summed E-state index contributed by atoms with van der Waals surface area (Å²) in [6.07, 6.45) is 0. The molecule has 0 N–H and O–H groups in total. The van der Waals surface area contributed by atoms with Gasteiger partial charge in [0.1, 0.15) is 24.3 Å². The number of hydrogen-bond donors (Lipinski definition) is 0. The average Bonchev–Trinajstić information content (AvgIpc) is 1.50. The maximum absolute atomic E-state index is 12.8. The number of rotatable bonds is 9. The summed E-state index contributed by atoms with van der Waals surface area (Å²) in [6.45, 7) is 0. The van der Waals surface area contributed by atoms with E-state index in [0.29, 0.717) is 61.7 Å². The van der Waals surface area contributed by atoms with E-state index in [1.165, 1.54) is 23.5 Å². The summed E-state index contributed by atoms with van der Waals surface area (Å²) in [4.78, 5) is 0. The smallest absolute Gasteiger partial charge is 0.102 e. The van der Waals surface area contributed by atoms with Gasteiger partial charge >= 0.3 is 0 Å². The summed E-state index contributed by atoms with van der Waals surface area (Å²) in [5.41, 5.74) is 19.3. The van der Waals surface area contributed by atoms with E-state index in [1.54, 1.807) is 45.3 Å². The first-order valence-electron chi connectivity index (χ1n) is 41.2. The van der Waals surface area contributed by atoms with Crippen LogP contribution in [0.3, 0.4) is 0 Å². The minimum atomic E-state index is 0.365. The summed E-state index contributed by atoms with van der Waals surface area (Å²) in [5, 5.41) is 67.8. The number of benzene rings is 18. The molecule has 12 heteroatoms. The van der Waals surface area contributed by atoms with Crippen molar-refractivity contribution in [2.75, 3.05) is 0 Å². The zero-order chi connectivity index (χ0) is 81.8. The molecule has 0 aliphatic heterocycles. The van der Waals surface area contributed by atoms with Gasteiger partial charge in [-0.15, -0.1) is 45.3 Å². The molecule has 0 radical (unpaired) electrons. The molecule has 18 aromatic carbocycles. The Labute approximate surface area is 723 Å². The van der Waals surface area contributed by atoms with E-state index in [0.717, 1.165) is 183 Å². The molecule has 26 rings (SSSR count). The second kappa shape index (κ2) is 26.7. The second-order valence-electron chi connectivity index (χ2n) is 31.9. The maximum atomic E-state index is 12.8. The van der Waals surface area contributed by atoms with Crippen LogP contribution in [0.25, 0.3) is 246 Å². The van der Waals surface area contributed by atoms with Crippen LogP contribution in [0, 0.1) is 45.3 Å². The van der Waals surface area contributed by atoms with Crippen molar-refractivity contribution in [3.63, 3.8) is 0 Å². The second-order valence-corrected chi connectivity index (χ2v) is 36.3. The van der Waals surface area contributed by atoms with Crippen molar-refractivity contribution in [3.05, 3.63) is 374 Å². The van der Waals surface area contributed by atoms with E-state index in [4.69, 9.17) is 0 Å². The minimum Gasteiger partial charge on any atom is -0.307 e. The van der Waals surface area contributed by atoms with Crippen LogP contribution in [0.4, 0.5) is 0 Å². The van der Waals surface area contributed by atoms with E-state index in [-0.39, 0.29) is 0 Å². The Morgan fingerprint density at radius 1 is 0.177 bits per heavy atom. The lowest BCUT2D eigenvalue weighted by Gasteiger charge is -2.25. The lowest BCUT2D eigenvalue weighted by Crippen LogP contribution is -2.11. The monoisotopic (exact) mass is 1640 g/mol. The van der Waals surface area contributed by atoms with E-state index in [1.807, 2.05) is 42.5 Å². The largest absolute Gasteiger partial charge is 0.307 e. The fourth-order valence-electron chi connectivity index (χ4n) is 20.7. The topological polar surface area (TPSA) is 115 Å². The highest BCUT2D eigenvalue weighted by molar-refractivity contribution is 7.27. The highest BCUT2D eigenvalue weighted by atomic mass is 32.1. The quantitative estimate of drug-likeness (QED) is 0.143. The highest BCUT2D eigenvalue weighted by Crippen LogP contribution is 2.56. The lowest BCUT2D eigenvalue weighted by molar-refractivity contribution is 1.12. The van der Waals surface area contributed by atoms with Crippen LogP contribution in [0.15, 0.2) is 352 Å². The van der Waals surface area contributed by atoms with Crippen LogP contribution in [-0.2, 0) is 0 Å². The van der Waals surface area contributed by atoms with E-state index < -0.39 is 0 Å². The molecule has 0 atom stereocenters. The minimum absolute atomic E-state index is 0.365. The van der Waals surface area contributed by atoms with Crippen molar-refractivity contribution < 1.29 is 0 Å². The van der Waals surface area contributed by atoms with Crippen LogP contribution >= 0.6 is 45.3 Å². The first-order chi connectivity index (χ1) is 61.4. The molecule has 0 unspecified atom stereocenters. The fraction of sp³-hybridized carbons (Fsp3) is 0. The van der Waals surface area contributed by atoms with Crippen molar-refractivity contribution in [3.8, 4) is 103 Å². The molecule has 0 amide bonds. The SMILES string of the molecule is N#Cc1c(-c2cccc(-c3ccc4c(c3)sc3ccc5c6ccccc6n(-c6c(C#N)c(-c7ccccc7)c(C#N)c(-n7c8ccccc8c8ccc9sc%10ccccc%10c9c87)c6-c6ccccc6)c5c34)c2)c(C#N)c(-n2c3ccccc3c3cc4sc5ccccc5c4cc32)c(-c2ccccc2)c1-n1c2ccccc2c2cc3sc4ccccc4c3cc21. The van der Waals surface area contributed by atoms with Crippen LogP contribution in [0.5, 0.6) is 0 Å². The first kappa shape index (κ1) is 69.9. The van der Waals surface area contributed by atoms with Gasteiger partial charge in [0.05, 0.1) is 89.1 Å². The van der Waals surface area contributed by atoms with Gasteiger partial charge in [0.2, 0.25) is 0 Å². The normalized spacial score (nSPS) is 12.0. The molecule has 8 aromatic heterocycles. The van der Waals surface area contributed by atoms with E-state index in [2.05, 4.69) is 352 Å². The predicted octanol–water partition coefficient (Wildman–Crippen LogP) is 31.4. The zero-order valence-electron chi connectivity index (χ0n) is 65.7. The molecule has 124 heavy (non-hydrogen) atoms. The Morgan fingerprint density at radius 2 is 0.484 bits per heavy atom. The van der Waals surface area contributed by atoms with Crippen molar-refractivity contribution in [1.29, 1.82) is 21.0 Å². The lowest BCUT2D eigenvalue weighted by atomic mass is 9.85. The van der Waals surface area contributed by atoms with Gasteiger partial charge in [-0.1, -0.05) is 261 Å². The summed E-state index contributed by atoms with van der Waals surface area (Å²) < 4.78 is 18.5. The number of thiophene rings is 4. The highest BCUT2D eigenvalue weighted by Gasteiger charge is 2.36. The summed E-state index contributed by atoms with van der Waals surface area (Å²) in [5.74, 6) is 0. The molecule has 570 valence electrons. The number of nitrogens with zero attached hydrogens (tertiary/aromatic N) is 8. The number of aromatic nitrogens is 4. The molecule has 8 heterocycles. The predicted molar refractivity (Wildman–Crippen MR) is 521 cm³/mol. The summed E-state index contributed by atoms with van der Waals surface area (Å²) >= 11 is 7.08. The molecule has 26 aromatic rings. The van der Waals surface area contributed by atoms with Crippen LogP contribution in [0.2, 0.25) is 0 Å². The molecule has 0 saturated heterocycles. The third kappa shape index (κ3) is 9.76. The van der Waals surface area contributed by atoms with Gasteiger partial charge in [-0.2, -0.15) is 21.0 Å². The standard InChI is InChI=1S/C112H58N8S4/c113-59-83-101(63-25-4-1-5-26-63)84(60-114)112(104(65-29-8-3-9-30-65)111(83)119-89-42-19-10-33-69(89)75-49-51-96-105(107(75)119)77-39-16-23-46-95(77)121-96)120-90-43-20-11-34-70(90)76-50-52-97-106(108(76)120)78-48-47-67(54-98(78)124-97)66-31-24-32-68(53-66)102-85(61-115)109(117-87-40-17-12-35-71(87)79-57-99-81(55-91(79)117)73-37-14-21-44-93(73)122-99)103(64-27-6-2-7-28-64)110(86(102)62-116)118-88-41-18-13-36-72(88)80-58-100-82(56-92(80)118)74-38-15-22-45-94(74)123-100/h1-58H. The third-order valence-corrected chi connectivity index (χ3v) is 30.2. The number of fused-ring (bicyclic) bond motifs is 26. The van der Waals surface area contributed by atoms with Crippen molar-refractivity contribution >= 4 is 213 Å². The Morgan fingerprint density at radius 3 is 0.935 bits per heavy atom. The Kier molecular flexibility index (Phi) is 15.1.